The molecule has 0 fully saturated rings. The third-order valence-electron chi connectivity index (χ3n) is 8.44. The number of carbonyl (C=O) groups excluding carboxylic acids is 4. The van der Waals surface area contributed by atoms with E-state index in [1.54, 1.807) is 235 Å². The third kappa shape index (κ3) is 16.8. The van der Waals surface area contributed by atoms with Crippen LogP contribution in [0.5, 0.6) is 0 Å². The Morgan fingerprint density at radius 1 is 0.284 bits per heavy atom. The van der Waals surface area contributed by atoms with Gasteiger partial charge in [-0.05, 0) is 64.9 Å². The standard InChI is InChI=1S/C42H28O8S24/c43-25(21-17-63-33(67-21)29-55-9-10-56-29)47-1-5-51-37-38(52-6-2-48-26(44)22-18-64-34(68-22)30-57-11-12-58-30)72-41(71-37)42-73-39(53-7-3-49-27(45)23-19-65-35(69-23)31-59-13-14-60-31)40(74-42)54-8-4-50-28(46)24-20-66-36(70-24)32-61-15-16-62-32/h9-20H,1-8H2. The highest BCUT2D eigenvalue weighted by Gasteiger charge is 2.33. The zero-order valence-electron chi connectivity index (χ0n) is 36.6. The van der Waals surface area contributed by atoms with E-state index in [1.807, 2.05) is 64.9 Å². The fourth-order valence-corrected chi connectivity index (χ4v) is 34.2. The van der Waals surface area contributed by atoms with Gasteiger partial charge in [0, 0.05) is 23.0 Å². The van der Waals surface area contributed by atoms with Crippen LogP contribution in [0.2, 0.25) is 0 Å². The highest BCUT2D eigenvalue weighted by atomic mass is 32.3. The third-order valence-corrected chi connectivity index (χ3v) is 39.9. The molecule has 0 N–H and O–H groups in total. The SMILES string of the molecule is O=C(OCCSC1=C(SCCOC(=O)C2=CSC(=C3SC=CS3)S2)SC(=C2SC(SCCOC(=O)C3=CSC(=C4SC=CS4)S3)=C(SCCOC(=O)C3=CSC(=C4SC=CS4)S3)S2)S1)C1=CSC(=C2SC=CS2)S1. The van der Waals surface area contributed by atoms with Crippen LogP contribution in [0.1, 0.15) is 0 Å². The molecule has 0 bridgehead atoms. The second kappa shape index (κ2) is 30.8. The van der Waals surface area contributed by atoms with Gasteiger partial charge in [-0.15, -0.1) is 47.0 Å². The molecule has 10 heterocycles. The van der Waals surface area contributed by atoms with Gasteiger partial charge in [0.25, 0.3) is 0 Å². The van der Waals surface area contributed by atoms with Crippen LogP contribution >= 0.6 is 282 Å². The van der Waals surface area contributed by atoms with Gasteiger partial charge >= 0.3 is 23.9 Å². The molecule has 32 heteroatoms. The summed E-state index contributed by atoms with van der Waals surface area (Å²) in [6.07, 6.45) is 0. The molecule has 10 rings (SSSR count). The van der Waals surface area contributed by atoms with E-state index in [1.165, 1.54) is 64.0 Å². The van der Waals surface area contributed by atoms with E-state index in [2.05, 4.69) is 0 Å². The topological polar surface area (TPSA) is 105 Å². The maximum Gasteiger partial charge on any atom is 0.345 e. The Morgan fingerprint density at radius 2 is 0.500 bits per heavy atom. The van der Waals surface area contributed by atoms with Crippen molar-refractivity contribution in [3.05, 3.63) is 144 Å². The van der Waals surface area contributed by atoms with Crippen LogP contribution in [0, 0.1) is 0 Å². The Kier molecular flexibility index (Phi) is 24.8. The second-order valence-corrected chi connectivity index (χ2v) is 40.4. The molecule has 0 spiro atoms. The van der Waals surface area contributed by atoms with Gasteiger partial charge in [0.15, 0.2) is 0 Å². The molecule has 10 aliphatic heterocycles. The van der Waals surface area contributed by atoms with Gasteiger partial charge < -0.3 is 18.9 Å². The van der Waals surface area contributed by atoms with Gasteiger partial charge in [-0.1, -0.05) is 235 Å². The number of hydrogen-bond acceptors (Lipinski definition) is 32. The normalized spacial score (nSPS) is 21.3. The van der Waals surface area contributed by atoms with E-state index in [0.717, 1.165) is 42.4 Å². The minimum absolute atomic E-state index is 0.254. The number of rotatable bonds is 20. The molecule has 0 aromatic carbocycles. The monoisotopic (exact) mass is 1430 g/mol. The zero-order valence-corrected chi connectivity index (χ0v) is 56.2. The number of esters is 4. The number of ether oxygens (including phenoxy) is 4. The number of carbonyl (C=O) groups is 4. The Morgan fingerprint density at radius 3 is 0.716 bits per heavy atom. The molecule has 388 valence electrons. The van der Waals surface area contributed by atoms with Crippen molar-refractivity contribution in [3.63, 3.8) is 0 Å². The molecule has 0 aliphatic carbocycles. The van der Waals surface area contributed by atoms with E-state index in [-0.39, 0.29) is 50.3 Å². The van der Waals surface area contributed by atoms with Crippen molar-refractivity contribution < 1.29 is 38.1 Å². The first-order chi connectivity index (χ1) is 36.3. The summed E-state index contributed by atoms with van der Waals surface area (Å²) in [5.74, 6) is 1.03. The Bertz CT molecular complexity index is 2430. The first-order valence-corrected chi connectivity index (χ1v) is 41.6. The zero-order chi connectivity index (χ0) is 50.6. The largest absolute Gasteiger partial charge is 0.461 e. The summed E-state index contributed by atoms with van der Waals surface area (Å²) >= 11 is 39.0. The smallest absolute Gasteiger partial charge is 0.345 e. The van der Waals surface area contributed by atoms with Gasteiger partial charge in [0.05, 0.1) is 59.3 Å². The van der Waals surface area contributed by atoms with Gasteiger partial charge in [-0.2, -0.15) is 0 Å². The van der Waals surface area contributed by atoms with E-state index in [4.69, 9.17) is 18.9 Å². The minimum Gasteiger partial charge on any atom is -0.461 e. The van der Waals surface area contributed by atoms with Crippen molar-refractivity contribution in [2.24, 2.45) is 0 Å². The second-order valence-electron chi connectivity index (χ2n) is 13.2. The average Bonchev–Trinajstić information content (AvgIpc) is 4.25. The van der Waals surface area contributed by atoms with E-state index in [0.29, 0.717) is 42.6 Å². The fraction of sp³-hybridized carbons (Fsp3) is 0.190. The maximum absolute atomic E-state index is 13.1. The van der Waals surface area contributed by atoms with Gasteiger partial charge in [-0.25, -0.2) is 19.2 Å². The van der Waals surface area contributed by atoms with Crippen molar-refractivity contribution in [1.29, 1.82) is 0 Å². The first kappa shape index (κ1) is 59.5. The van der Waals surface area contributed by atoms with Gasteiger partial charge in [0.2, 0.25) is 0 Å². The van der Waals surface area contributed by atoms with Crippen molar-refractivity contribution in [3.8, 4) is 0 Å². The Balaban J connectivity index is 0.758. The Hall–Kier alpha value is 2.38. The van der Waals surface area contributed by atoms with Crippen LogP contribution < -0.4 is 0 Å². The lowest BCUT2D eigenvalue weighted by Gasteiger charge is -2.08. The van der Waals surface area contributed by atoms with Crippen LogP contribution in [-0.4, -0.2) is 73.3 Å². The van der Waals surface area contributed by atoms with Crippen molar-refractivity contribution in [2.45, 2.75) is 0 Å². The van der Waals surface area contributed by atoms with Crippen LogP contribution in [0.25, 0.3) is 0 Å². The predicted molar refractivity (Wildman–Crippen MR) is 364 cm³/mol. The van der Waals surface area contributed by atoms with Crippen LogP contribution in [-0.2, 0) is 38.1 Å². The van der Waals surface area contributed by atoms with Crippen LogP contribution in [0.4, 0.5) is 0 Å². The summed E-state index contributed by atoms with van der Waals surface area (Å²) in [6, 6.07) is 0. The molecule has 0 aromatic rings. The predicted octanol–water partition coefficient (Wildman–Crippen LogP) is 20.0. The van der Waals surface area contributed by atoms with E-state index in [9.17, 15) is 19.2 Å². The lowest BCUT2D eigenvalue weighted by molar-refractivity contribution is -0.138. The van der Waals surface area contributed by atoms with E-state index < -0.39 is 0 Å². The summed E-state index contributed by atoms with van der Waals surface area (Å²) in [6.45, 7) is 1.01. The van der Waals surface area contributed by atoms with Crippen molar-refractivity contribution in [1.82, 2.24) is 0 Å². The first-order valence-electron chi connectivity index (χ1n) is 20.5. The molecular formula is C42H28O8S24. The molecule has 10 aliphatic rings. The summed E-state index contributed by atoms with van der Waals surface area (Å²) in [7, 11) is 0. The van der Waals surface area contributed by atoms with Crippen molar-refractivity contribution >= 4 is 306 Å². The quantitative estimate of drug-likeness (QED) is 0.0655. The highest BCUT2D eigenvalue weighted by molar-refractivity contribution is 8.45. The minimum atomic E-state index is -0.313. The van der Waals surface area contributed by atoms with Gasteiger partial charge in [0.1, 0.15) is 46.0 Å². The summed E-state index contributed by atoms with van der Waals surface area (Å²) < 4.78 is 39.0. The van der Waals surface area contributed by atoms with E-state index >= 15 is 0 Å². The summed E-state index contributed by atoms with van der Waals surface area (Å²) in [5.41, 5.74) is 0. The molecule has 74 heavy (non-hydrogen) atoms. The average molecular weight is 1430 g/mol. The maximum atomic E-state index is 13.1. The molecule has 0 saturated carbocycles. The van der Waals surface area contributed by atoms with Crippen LogP contribution in [0.3, 0.4) is 0 Å². The lowest BCUT2D eigenvalue weighted by atomic mass is 10.6. The molecule has 0 aromatic heterocycles. The lowest BCUT2D eigenvalue weighted by Crippen LogP contribution is -2.08. The Labute approximate surface area is 529 Å². The fourth-order valence-electron chi connectivity index (χ4n) is 5.38. The molecular weight excluding hydrogens is 1400 g/mol. The van der Waals surface area contributed by atoms with Crippen LogP contribution in [0.15, 0.2) is 144 Å². The number of hydrogen-bond donors (Lipinski definition) is 0. The molecule has 8 nitrogen and oxygen atoms in total. The molecule has 0 amide bonds. The molecule has 0 unspecified atom stereocenters. The summed E-state index contributed by atoms with van der Waals surface area (Å²) in [4.78, 5) is 54.8. The van der Waals surface area contributed by atoms with Gasteiger partial charge in [-0.3, -0.25) is 0 Å². The highest BCUT2D eigenvalue weighted by Crippen LogP contribution is 2.66. The van der Waals surface area contributed by atoms with Crippen molar-refractivity contribution in [2.75, 3.05) is 49.4 Å². The summed E-state index contributed by atoms with van der Waals surface area (Å²) in [5, 5.41) is 23.9. The molecule has 0 saturated heterocycles. The molecule has 0 atom stereocenters. The molecule has 0 radical (unpaired) electrons. The number of thioether (sulfide) groups is 24.